The third-order valence-electron chi connectivity index (χ3n) is 7.99. The van der Waals surface area contributed by atoms with Crippen LogP contribution in [0, 0.1) is 6.92 Å². The smallest absolute Gasteiger partial charge is 0.338 e. The molecule has 0 aliphatic carbocycles. The molecule has 3 aromatic carbocycles. The second-order valence-electron chi connectivity index (χ2n) is 11.3. The number of nitrogens with zero attached hydrogens (tertiary/aromatic N) is 3. The van der Waals surface area contributed by atoms with Crippen molar-refractivity contribution in [3.63, 3.8) is 0 Å². The molecule has 2 aromatic heterocycles. The lowest BCUT2D eigenvalue weighted by Crippen LogP contribution is -2.40. The maximum Gasteiger partial charge on any atom is 0.338 e. The third-order valence-corrected chi connectivity index (χ3v) is 9.56. The fraction of sp³-hybridized carbons (Fsp3) is 0.250. The molecule has 6 rings (SSSR count). The van der Waals surface area contributed by atoms with Crippen molar-refractivity contribution >= 4 is 57.5 Å². The van der Waals surface area contributed by atoms with E-state index in [-0.39, 0.29) is 18.3 Å². The molecule has 0 amide bonds. The van der Waals surface area contributed by atoms with Crippen molar-refractivity contribution < 1.29 is 14.3 Å². The maximum atomic E-state index is 14.4. The van der Waals surface area contributed by atoms with Gasteiger partial charge in [0.1, 0.15) is 11.8 Å². The lowest BCUT2D eigenvalue weighted by molar-refractivity contribution is -0.139. The second-order valence-corrected chi connectivity index (χ2v) is 13.2. The average molecular weight is 675 g/mol. The van der Waals surface area contributed by atoms with Gasteiger partial charge in [-0.1, -0.05) is 77.0 Å². The number of allylic oxidation sites excluding steroid dienone is 1. The monoisotopic (exact) mass is 673 g/mol. The van der Waals surface area contributed by atoms with Crippen molar-refractivity contribution in [3.05, 3.63) is 130 Å². The summed E-state index contributed by atoms with van der Waals surface area (Å²) in [6.45, 7) is 10.2. The van der Waals surface area contributed by atoms with Crippen LogP contribution in [-0.2, 0) is 16.1 Å². The molecule has 10 heteroatoms. The van der Waals surface area contributed by atoms with E-state index >= 15 is 0 Å². The van der Waals surface area contributed by atoms with Crippen molar-refractivity contribution in [3.8, 4) is 5.75 Å². The van der Waals surface area contributed by atoms with Crippen molar-refractivity contribution in [2.45, 2.75) is 53.3 Å². The normalized spacial score (nSPS) is 15.0. The zero-order valence-electron chi connectivity index (χ0n) is 26.1. The van der Waals surface area contributed by atoms with Gasteiger partial charge in [0, 0.05) is 44.3 Å². The predicted molar refractivity (Wildman–Crippen MR) is 185 cm³/mol. The van der Waals surface area contributed by atoms with E-state index in [0.29, 0.717) is 48.5 Å². The summed E-state index contributed by atoms with van der Waals surface area (Å²) in [5.74, 6) is 0.0792. The number of halogens is 2. The van der Waals surface area contributed by atoms with E-state index < -0.39 is 12.0 Å². The Balaban J connectivity index is 1.56. The average Bonchev–Trinajstić information content (AvgIpc) is 3.46. The van der Waals surface area contributed by atoms with Gasteiger partial charge in [0.25, 0.3) is 5.56 Å². The van der Waals surface area contributed by atoms with Crippen molar-refractivity contribution in [1.29, 1.82) is 0 Å². The Morgan fingerprint density at radius 1 is 1.07 bits per heavy atom. The molecule has 0 N–H and O–H groups in total. The van der Waals surface area contributed by atoms with Gasteiger partial charge in [-0.3, -0.25) is 9.36 Å². The topological polar surface area (TPSA) is 74.8 Å². The van der Waals surface area contributed by atoms with Crippen LogP contribution in [0.3, 0.4) is 0 Å². The zero-order valence-corrected chi connectivity index (χ0v) is 28.5. The van der Waals surface area contributed by atoms with E-state index in [1.165, 1.54) is 11.3 Å². The Labute approximate surface area is 280 Å². The highest BCUT2D eigenvalue weighted by atomic mass is 35.5. The third kappa shape index (κ3) is 5.81. The number of benzene rings is 3. The summed E-state index contributed by atoms with van der Waals surface area (Å²) in [7, 11) is 0. The Kier molecular flexibility index (Phi) is 8.97. The molecular formula is C36H33Cl2N3O4S. The summed E-state index contributed by atoms with van der Waals surface area (Å²) in [5, 5.41) is 2.18. The van der Waals surface area contributed by atoms with Crippen LogP contribution in [0.2, 0.25) is 10.0 Å². The van der Waals surface area contributed by atoms with Gasteiger partial charge in [-0.2, -0.15) is 0 Å². The molecule has 236 valence electrons. The Bertz CT molecular complexity index is 2210. The molecule has 46 heavy (non-hydrogen) atoms. The van der Waals surface area contributed by atoms with Gasteiger partial charge in [-0.25, -0.2) is 9.79 Å². The number of fused-ring (bicyclic) bond motifs is 2. The van der Waals surface area contributed by atoms with Gasteiger partial charge in [0.15, 0.2) is 4.80 Å². The summed E-state index contributed by atoms with van der Waals surface area (Å²) in [6.07, 6.45) is 1.81. The first-order valence-electron chi connectivity index (χ1n) is 15.1. The zero-order chi connectivity index (χ0) is 32.7. The van der Waals surface area contributed by atoms with Crippen molar-refractivity contribution in [1.82, 2.24) is 9.13 Å². The predicted octanol–water partition coefficient (Wildman–Crippen LogP) is 7.20. The molecule has 0 spiro atoms. The van der Waals surface area contributed by atoms with Gasteiger partial charge in [0.05, 0.1) is 28.5 Å². The number of hydrogen-bond donors (Lipinski definition) is 0. The molecule has 0 fully saturated rings. The molecule has 1 aliphatic rings. The van der Waals surface area contributed by atoms with Crippen LogP contribution in [0.1, 0.15) is 56.1 Å². The van der Waals surface area contributed by atoms with Crippen molar-refractivity contribution in [2.75, 3.05) is 6.61 Å². The highest BCUT2D eigenvalue weighted by Gasteiger charge is 2.35. The molecule has 1 aliphatic heterocycles. The largest absolute Gasteiger partial charge is 0.491 e. The number of thiazole rings is 1. The summed E-state index contributed by atoms with van der Waals surface area (Å²) < 4.78 is 15.9. The van der Waals surface area contributed by atoms with Crippen LogP contribution in [-0.4, -0.2) is 27.8 Å². The van der Waals surface area contributed by atoms with Crippen LogP contribution in [0.5, 0.6) is 5.75 Å². The summed E-state index contributed by atoms with van der Waals surface area (Å²) in [4.78, 5) is 33.1. The number of aromatic nitrogens is 2. The molecule has 0 saturated carbocycles. The SMILES string of the molecule is CCOC(=O)C1=C(C)N=c2s/c(=C\c3c(C)n(Cc4ccc(Cl)cc4Cl)c4ccccc34)c(=O)n2[C@H]1c1ccccc1OC(C)C. The highest BCUT2D eigenvalue weighted by molar-refractivity contribution is 7.07. The van der Waals surface area contributed by atoms with Crippen LogP contribution in [0.4, 0.5) is 0 Å². The Morgan fingerprint density at radius 3 is 2.54 bits per heavy atom. The molecule has 3 heterocycles. The van der Waals surface area contributed by atoms with Crippen LogP contribution in [0.15, 0.2) is 87.8 Å². The maximum absolute atomic E-state index is 14.4. The van der Waals surface area contributed by atoms with Gasteiger partial charge < -0.3 is 14.0 Å². The number of hydrogen-bond acceptors (Lipinski definition) is 6. The van der Waals surface area contributed by atoms with Gasteiger partial charge >= 0.3 is 5.97 Å². The highest BCUT2D eigenvalue weighted by Crippen LogP contribution is 2.36. The number of rotatable bonds is 8. The fourth-order valence-electron chi connectivity index (χ4n) is 5.95. The lowest BCUT2D eigenvalue weighted by Gasteiger charge is -2.26. The first kappa shape index (κ1) is 31.9. The Morgan fingerprint density at radius 2 is 1.80 bits per heavy atom. The second kappa shape index (κ2) is 12.9. The van der Waals surface area contributed by atoms with E-state index in [1.807, 2.05) is 75.4 Å². The minimum Gasteiger partial charge on any atom is -0.491 e. The van der Waals surface area contributed by atoms with E-state index in [2.05, 4.69) is 16.7 Å². The minimum atomic E-state index is -0.776. The first-order valence-corrected chi connectivity index (χ1v) is 16.6. The van der Waals surface area contributed by atoms with E-state index in [0.717, 1.165) is 27.7 Å². The minimum absolute atomic E-state index is 0.115. The van der Waals surface area contributed by atoms with Crippen LogP contribution in [0.25, 0.3) is 17.0 Å². The van der Waals surface area contributed by atoms with Crippen LogP contribution < -0.4 is 19.6 Å². The number of carbonyl (C=O) groups excluding carboxylic acids is 1. The summed E-state index contributed by atoms with van der Waals surface area (Å²) >= 11 is 14.0. The lowest BCUT2D eigenvalue weighted by atomic mass is 9.95. The quantitative estimate of drug-likeness (QED) is 0.163. The van der Waals surface area contributed by atoms with Gasteiger partial charge in [-0.15, -0.1) is 0 Å². The number of ether oxygens (including phenoxy) is 2. The van der Waals surface area contributed by atoms with Crippen molar-refractivity contribution in [2.24, 2.45) is 4.99 Å². The summed E-state index contributed by atoms with van der Waals surface area (Å²) in [6, 6.07) is 20.3. The molecular weight excluding hydrogens is 641 g/mol. The molecule has 7 nitrogen and oxygen atoms in total. The molecule has 0 radical (unpaired) electrons. The van der Waals surface area contributed by atoms with Gasteiger partial charge in [0.2, 0.25) is 0 Å². The van der Waals surface area contributed by atoms with Crippen LogP contribution >= 0.6 is 34.5 Å². The number of carbonyl (C=O) groups is 1. The summed E-state index contributed by atoms with van der Waals surface area (Å²) in [5.41, 5.74) is 5.11. The molecule has 0 saturated heterocycles. The molecule has 1 atom stereocenters. The first-order chi connectivity index (χ1) is 22.1. The number of para-hydroxylation sites is 2. The molecule has 0 bridgehead atoms. The Hall–Kier alpha value is -4.11. The fourth-order valence-corrected chi connectivity index (χ4v) is 7.45. The van der Waals surface area contributed by atoms with Gasteiger partial charge in [-0.05, 0) is 70.5 Å². The number of esters is 1. The molecule has 5 aromatic rings. The molecule has 0 unspecified atom stereocenters. The van der Waals surface area contributed by atoms with E-state index in [9.17, 15) is 9.59 Å². The van der Waals surface area contributed by atoms with E-state index in [4.69, 9.17) is 37.7 Å². The standard InChI is InChI=1S/C36H33Cl2N3O4S/c1-6-44-35(43)32-21(4)39-36-41(33(32)26-12-8-10-14-30(26)45-20(2)3)34(42)31(46-36)18-27-22(5)40(29-13-9-7-11-25(27)29)19-23-15-16-24(37)17-28(23)38/h7-18,20,33H,6,19H2,1-5H3/b31-18-/t33-/m0/s1. The van der Waals surface area contributed by atoms with E-state index in [1.54, 1.807) is 24.5 Å².